The monoisotopic (exact) mass is 286 g/mol. The van der Waals surface area contributed by atoms with Crippen molar-refractivity contribution in [2.24, 2.45) is 5.41 Å². The smallest absolute Gasteiger partial charge is 0.00521 e. The zero-order valence-electron chi connectivity index (χ0n) is 7.80. The molecule has 1 heteroatoms. The van der Waals surface area contributed by atoms with Crippen LogP contribution >= 0.6 is 22.6 Å². The first-order chi connectivity index (χ1) is 6.35. The molecule has 70 valence electrons. The molecule has 0 aliphatic heterocycles. The third-order valence-corrected chi connectivity index (χ3v) is 4.65. The van der Waals surface area contributed by atoms with E-state index in [-0.39, 0.29) is 0 Å². The van der Waals surface area contributed by atoms with Gasteiger partial charge in [-0.2, -0.15) is 0 Å². The number of benzene rings is 1. The van der Waals surface area contributed by atoms with Gasteiger partial charge in [-0.1, -0.05) is 52.9 Å². The van der Waals surface area contributed by atoms with Crippen LogP contribution < -0.4 is 0 Å². The minimum atomic E-state index is 0.733. The molecule has 0 atom stereocenters. The molecule has 0 radical (unpaired) electrons. The van der Waals surface area contributed by atoms with Crippen molar-refractivity contribution in [2.45, 2.75) is 25.7 Å². The second-order valence-electron chi connectivity index (χ2n) is 4.12. The minimum absolute atomic E-state index is 0.733. The predicted octanol–water partition coefficient (Wildman–Crippen LogP) is 3.83. The topological polar surface area (TPSA) is 0 Å². The van der Waals surface area contributed by atoms with Gasteiger partial charge in [0.2, 0.25) is 0 Å². The van der Waals surface area contributed by atoms with Gasteiger partial charge in [-0.05, 0) is 36.7 Å². The molecule has 13 heavy (non-hydrogen) atoms. The van der Waals surface area contributed by atoms with Gasteiger partial charge in [-0.15, -0.1) is 0 Å². The molecule has 0 unspecified atom stereocenters. The molecule has 0 N–H and O–H groups in total. The van der Waals surface area contributed by atoms with Gasteiger partial charge >= 0.3 is 0 Å². The zero-order chi connectivity index (χ0) is 9.15. The molecular formula is C12H15I. The van der Waals surface area contributed by atoms with Crippen molar-refractivity contribution in [1.29, 1.82) is 0 Å². The molecule has 1 saturated carbocycles. The summed E-state index contributed by atoms with van der Waals surface area (Å²) < 4.78 is 1.34. The predicted molar refractivity (Wildman–Crippen MR) is 65.3 cm³/mol. The summed E-state index contributed by atoms with van der Waals surface area (Å²) >= 11 is 2.54. The van der Waals surface area contributed by atoms with Gasteiger partial charge in [-0.3, -0.25) is 0 Å². The van der Waals surface area contributed by atoms with E-state index < -0.39 is 0 Å². The van der Waals surface area contributed by atoms with Crippen LogP contribution in [0.5, 0.6) is 0 Å². The Morgan fingerprint density at radius 1 is 1.15 bits per heavy atom. The highest BCUT2D eigenvalue weighted by molar-refractivity contribution is 14.1. The minimum Gasteiger partial charge on any atom is -0.0858 e. The molecule has 1 fully saturated rings. The molecule has 0 aromatic heterocycles. The Hall–Kier alpha value is -0.0500. The van der Waals surface area contributed by atoms with E-state index in [0.717, 1.165) is 5.41 Å². The fourth-order valence-corrected chi connectivity index (χ4v) is 2.83. The van der Waals surface area contributed by atoms with Crippen LogP contribution in [0, 0.1) is 5.41 Å². The summed E-state index contributed by atoms with van der Waals surface area (Å²) in [6.45, 7) is 0. The largest absolute Gasteiger partial charge is 0.0858 e. The highest BCUT2D eigenvalue weighted by atomic mass is 127. The van der Waals surface area contributed by atoms with Crippen molar-refractivity contribution in [3.63, 3.8) is 0 Å². The third-order valence-electron chi connectivity index (χ3n) is 3.03. The van der Waals surface area contributed by atoms with Crippen LogP contribution in [-0.4, -0.2) is 4.43 Å². The number of alkyl halides is 1. The molecule has 0 heterocycles. The highest BCUT2D eigenvalue weighted by Crippen LogP contribution is 2.50. The van der Waals surface area contributed by atoms with Crippen molar-refractivity contribution in [1.82, 2.24) is 0 Å². The summed E-state index contributed by atoms with van der Waals surface area (Å²) in [5, 5.41) is 0. The van der Waals surface area contributed by atoms with Crippen LogP contribution in [0.1, 0.15) is 24.8 Å². The van der Waals surface area contributed by atoms with Crippen molar-refractivity contribution in [2.75, 3.05) is 4.43 Å². The number of rotatable bonds is 4. The maximum atomic E-state index is 2.54. The molecule has 1 aliphatic rings. The highest BCUT2D eigenvalue weighted by Gasteiger charge is 2.40. The van der Waals surface area contributed by atoms with E-state index in [4.69, 9.17) is 0 Å². The van der Waals surface area contributed by atoms with E-state index >= 15 is 0 Å². The van der Waals surface area contributed by atoms with E-state index in [0.29, 0.717) is 0 Å². The fourth-order valence-electron chi connectivity index (χ4n) is 1.68. The SMILES string of the molecule is ICC1(CCc2ccccc2)CC1. The van der Waals surface area contributed by atoms with Crippen molar-refractivity contribution >= 4 is 22.6 Å². The van der Waals surface area contributed by atoms with E-state index in [1.54, 1.807) is 0 Å². The van der Waals surface area contributed by atoms with Crippen molar-refractivity contribution in [3.8, 4) is 0 Å². The molecule has 2 rings (SSSR count). The van der Waals surface area contributed by atoms with Gasteiger partial charge < -0.3 is 0 Å². The molecule has 0 amide bonds. The normalized spacial score (nSPS) is 18.5. The Morgan fingerprint density at radius 3 is 2.38 bits per heavy atom. The Bertz CT molecular complexity index is 262. The number of aryl methyl sites for hydroxylation is 1. The van der Waals surface area contributed by atoms with E-state index in [9.17, 15) is 0 Å². The Kier molecular flexibility index (Phi) is 2.92. The molecule has 1 aromatic rings. The average molecular weight is 286 g/mol. The number of hydrogen-bond acceptors (Lipinski definition) is 0. The van der Waals surface area contributed by atoms with Crippen LogP contribution in [0.15, 0.2) is 30.3 Å². The second kappa shape index (κ2) is 3.99. The van der Waals surface area contributed by atoms with Crippen LogP contribution in [0.25, 0.3) is 0 Å². The van der Waals surface area contributed by atoms with Gasteiger partial charge in [0, 0.05) is 4.43 Å². The summed E-state index contributed by atoms with van der Waals surface area (Å²) in [6.07, 6.45) is 5.58. The maximum absolute atomic E-state index is 2.54. The summed E-state index contributed by atoms with van der Waals surface area (Å²) in [7, 11) is 0. The van der Waals surface area contributed by atoms with Gasteiger partial charge in [0.25, 0.3) is 0 Å². The lowest BCUT2D eigenvalue weighted by molar-refractivity contribution is 0.536. The van der Waals surface area contributed by atoms with Gasteiger partial charge in [0.1, 0.15) is 0 Å². The van der Waals surface area contributed by atoms with Crippen LogP contribution in [0.4, 0.5) is 0 Å². The maximum Gasteiger partial charge on any atom is 0.00521 e. The standard InChI is InChI=1S/C12H15I/c13-10-12(8-9-12)7-6-11-4-2-1-3-5-11/h1-5H,6-10H2. The van der Waals surface area contributed by atoms with Crippen LogP contribution in [0.3, 0.4) is 0 Å². The fraction of sp³-hybridized carbons (Fsp3) is 0.500. The molecule has 0 nitrogen and oxygen atoms in total. The van der Waals surface area contributed by atoms with E-state index in [2.05, 4.69) is 52.9 Å². The molecule has 1 aromatic carbocycles. The number of hydrogen-bond donors (Lipinski definition) is 0. The van der Waals surface area contributed by atoms with Gasteiger partial charge in [-0.25, -0.2) is 0 Å². The second-order valence-corrected chi connectivity index (χ2v) is 4.88. The van der Waals surface area contributed by atoms with E-state index in [1.807, 2.05) is 0 Å². The van der Waals surface area contributed by atoms with Crippen molar-refractivity contribution in [3.05, 3.63) is 35.9 Å². The molecule has 0 spiro atoms. The summed E-state index contributed by atoms with van der Waals surface area (Å²) in [5.41, 5.74) is 2.23. The lowest BCUT2D eigenvalue weighted by atomic mass is 9.99. The van der Waals surface area contributed by atoms with Crippen LogP contribution in [0.2, 0.25) is 0 Å². The first-order valence-corrected chi connectivity index (χ1v) is 6.47. The molecule has 0 bridgehead atoms. The Morgan fingerprint density at radius 2 is 1.85 bits per heavy atom. The quantitative estimate of drug-likeness (QED) is 0.583. The zero-order valence-corrected chi connectivity index (χ0v) is 9.96. The summed E-state index contributed by atoms with van der Waals surface area (Å²) in [5.74, 6) is 0. The summed E-state index contributed by atoms with van der Waals surface area (Å²) in [4.78, 5) is 0. The Labute approximate surface area is 93.9 Å². The molecule has 0 saturated heterocycles. The van der Waals surface area contributed by atoms with Gasteiger partial charge in [0.15, 0.2) is 0 Å². The van der Waals surface area contributed by atoms with Crippen molar-refractivity contribution < 1.29 is 0 Å². The lowest BCUT2D eigenvalue weighted by Crippen LogP contribution is -2.03. The summed E-state index contributed by atoms with van der Waals surface area (Å²) in [6, 6.07) is 10.8. The average Bonchev–Trinajstić information content (AvgIpc) is 2.97. The Balaban J connectivity index is 1.86. The lowest BCUT2D eigenvalue weighted by Gasteiger charge is -2.10. The molecule has 1 aliphatic carbocycles. The van der Waals surface area contributed by atoms with Crippen LogP contribution in [-0.2, 0) is 6.42 Å². The first-order valence-electron chi connectivity index (χ1n) is 4.95. The third kappa shape index (κ3) is 2.46. The van der Waals surface area contributed by atoms with E-state index in [1.165, 1.54) is 35.7 Å². The number of halogens is 1. The first kappa shape index (κ1) is 9.50. The van der Waals surface area contributed by atoms with Gasteiger partial charge in [0.05, 0.1) is 0 Å². The molecular weight excluding hydrogens is 271 g/mol.